The second kappa shape index (κ2) is 4.94. The van der Waals surface area contributed by atoms with Gasteiger partial charge in [0.05, 0.1) is 5.25 Å². The van der Waals surface area contributed by atoms with Crippen molar-refractivity contribution in [3.05, 3.63) is 0 Å². The number of carbonyl (C=O) groups excluding carboxylic acids is 1. The first-order valence-corrected chi connectivity index (χ1v) is 6.78. The average molecular weight is 234 g/mol. The van der Waals surface area contributed by atoms with E-state index in [4.69, 9.17) is 0 Å². The summed E-state index contributed by atoms with van der Waals surface area (Å²) in [5.41, 5.74) is 0. The maximum atomic E-state index is 11.4. The van der Waals surface area contributed by atoms with Crippen LogP contribution in [0.25, 0.3) is 0 Å². The van der Waals surface area contributed by atoms with Crippen LogP contribution < -0.4 is 10.0 Å². The van der Waals surface area contributed by atoms with Gasteiger partial charge < -0.3 is 5.32 Å². The van der Waals surface area contributed by atoms with Crippen molar-refractivity contribution in [1.82, 2.24) is 10.0 Å². The molecule has 0 heterocycles. The van der Waals surface area contributed by atoms with Crippen LogP contribution in [-0.4, -0.2) is 32.2 Å². The topological polar surface area (TPSA) is 75.3 Å². The van der Waals surface area contributed by atoms with Crippen molar-refractivity contribution < 1.29 is 13.2 Å². The Bertz CT molecular complexity index is 322. The minimum absolute atomic E-state index is 0.00408. The molecule has 1 aliphatic carbocycles. The molecule has 1 saturated carbocycles. The highest BCUT2D eigenvalue weighted by molar-refractivity contribution is 7.90. The fraction of sp³-hybridized carbons (Fsp3) is 0.889. The van der Waals surface area contributed by atoms with Gasteiger partial charge in [-0.15, -0.1) is 0 Å². The lowest BCUT2D eigenvalue weighted by molar-refractivity contribution is -0.119. The van der Waals surface area contributed by atoms with Gasteiger partial charge in [0, 0.05) is 12.5 Å². The maximum absolute atomic E-state index is 11.4. The van der Waals surface area contributed by atoms with Gasteiger partial charge in [0.15, 0.2) is 0 Å². The van der Waals surface area contributed by atoms with Crippen molar-refractivity contribution >= 4 is 15.9 Å². The molecule has 1 rings (SSSR count). The molecule has 0 aromatic heterocycles. The van der Waals surface area contributed by atoms with Crippen LogP contribution in [0, 0.1) is 0 Å². The second-order valence-electron chi connectivity index (χ2n) is 3.93. The average Bonchev–Trinajstić information content (AvgIpc) is 2.83. The third-order valence-electron chi connectivity index (χ3n) is 2.26. The first kappa shape index (κ1) is 12.4. The summed E-state index contributed by atoms with van der Waals surface area (Å²) in [6.45, 7) is 4.56. The number of carbonyl (C=O) groups is 1. The fourth-order valence-corrected chi connectivity index (χ4v) is 2.68. The minimum atomic E-state index is -3.37. The highest BCUT2D eigenvalue weighted by Gasteiger charge is 2.36. The molecule has 0 spiro atoms. The molecule has 0 aromatic rings. The normalized spacial score (nSPS) is 18.5. The quantitative estimate of drug-likeness (QED) is 0.677. The van der Waals surface area contributed by atoms with Crippen LogP contribution in [0.4, 0.5) is 0 Å². The van der Waals surface area contributed by atoms with E-state index in [9.17, 15) is 13.2 Å². The van der Waals surface area contributed by atoms with E-state index in [1.807, 2.05) is 13.8 Å². The Kier molecular flexibility index (Phi) is 4.10. The smallest absolute Gasteiger partial charge is 0.237 e. The molecule has 0 saturated heterocycles. The first-order valence-electron chi connectivity index (χ1n) is 5.23. The molecule has 0 aromatic carbocycles. The Labute approximate surface area is 90.7 Å². The van der Waals surface area contributed by atoms with Crippen LogP contribution in [0.2, 0.25) is 0 Å². The van der Waals surface area contributed by atoms with Gasteiger partial charge in [-0.3, -0.25) is 9.52 Å². The van der Waals surface area contributed by atoms with Crippen LogP contribution in [0.5, 0.6) is 0 Å². The van der Waals surface area contributed by atoms with E-state index in [1.54, 1.807) is 0 Å². The predicted octanol–water partition coefficient (Wildman–Crippen LogP) is -0.0171. The van der Waals surface area contributed by atoms with E-state index >= 15 is 0 Å². The Morgan fingerprint density at radius 1 is 1.47 bits per heavy atom. The highest BCUT2D eigenvalue weighted by Crippen LogP contribution is 2.27. The molecule has 1 atom stereocenters. The van der Waals surface area contributed by atoms with Crippen molar-refractivity contribution in [3.8, 4) is 0 Å². The van der Waals surface area contributed by atoms with Gasteiger partial charge in [0.25, 0.3) is 0 Å². The summed E-state index contributed by atoms with van der Waals surface area (Å²) in [6.07, 6.45) is 1.54. The Morgan fingerprint density at radius 3 is 2.53 bits per heavy atom. The van der Waals surface area contributed by atoms with Crippen molar-refractivity contribution in [2.75, 3.05) is 6.54 Å². The van der Waals surface area contributed by atoms with Crippen molar-refractivity contribution in [2.45, 2.75) is 44.4 Å². The minimum Gasteiger partial charge on any atom is -0.314 e. The van der Waals surface area contributed by atoms with E-state index in [0.717, 1.165) is 6.54 Å². The lowest BCUT2D eigenvalue weighted by atomic mass is 10.2. The van der Waals surface area contributed by atoms with E-state index in [0.29, 0.717) is 12.8 Å². The third-order valence-corrected chi connectivity index (χ3v) is 4.12. The third kappa shape index (κ3) is 4.17. The van der Waals surface area contributed by atoms with Gasteiger partial charge >= 0.3 is 0 Å². The van der Waals surface area contributed by atoms with Crippen LogP contribution in [0.1, 0.15) is 33.1 Å². The molecule has 0 aliphatic heterocycles. The zero-order valence-electron chi connectivity index (χ0n) is 9.12. The number of rotatable bonds is 6. The summed E-state index contributed by atoms with van der Waals surface area (Å²) >= 11 is 0. The molecule has 5 nitrogen and oxygen atoms in total. The Balaban J connectivity index is 2.35. The van der Waals surface area contributed by atoms with Crippen LogP contribution >= 0.6 is 0 Å². The first-order chi connectivity index (χ1) is 6.95. The van der Waals surface area contributed by atoms with Crippen molar-refractivity contribution in [1.29, 1.82) is 0 Å². The summed E-state index contributed by atoms with van der Waals surface area (Å²) in [4.78, 5) is 11.3. The number of hydrogen-bond donors (Lipinski definition) is 2. The molecule has 2 N–H and O–H groups in total. The van der Waals surface area contributed by atoms with E-state index in [1.165, 1.54) is 0 Å². The summed E-state index contributed by atoms with van der Waals surface area (Å²) in [5.74, 6) is -0.421. The van der Waals surface area contributed by atoms with E-state index in [2.05, 4.69) is 10.0 Å². The second-order valence-corrected chi connectivity index (χ2v) is 5.89. The monoisotopic (exact) mass is 234 g/mol. The molecule has 6 heteroatoms. The molecular weight excluding hydrogens is 216 g/mol. The molecule has 15 heavy (non-hydrogen) atoms. The lowest BCUT2D eigenvalue weighted by Gasteiger charge is -2.11. The molecule has 1 fully saturated rings. The zero-order valence-corrected chi connectivity index (χ0v) is 9.93. The lowest BCUT2D eigenvalue weighted by Crippen LogP contribution is -2.38. The van der Waals surface area contributed by atoms with Crippen LogP contribution in [0.15, 0.2) is 0 Å². The van der Waals surface area contributed by atoms with E-state index in [-0.39, 0.29) is 17.7 Å². The van der Waals surface area contributed by atoms with Crippen LogP contribution in [0.3, 0.4) is 0 Å². The van der Waals surface area contributed by atoms with Crippen LogP contribution in [-0.2, 0) is 14.8 Å². The maximum Gasteiger partial charge on any atom is 0.237 e. The molecule has 88 valence electrons. The highest BCUT2D eigenvalue weighted by atomic mass is 32.2. The molecule has 0 bridgehead atoms. The molecule has 1 aliphatic rings. The molecule has 1 amide bonds. The van der Waals surface area contributed by atoms with Gasteiger partial charge in [-0.2, -0.15) is 0 Å². The van der Waals surface area contributed by atoms with Gasteiger partial charge in [-0.1, -0.05) is 6.92 Å². The largest absolute Gasteiger partial charge is 0.314 e. The molecule has 1 unspecified atom stereocenters. The Morgan fingerprint density at radius 2 is 2.07 bits per heavy atom. The SMILES string of the molecule is CCNC(C)CC(=O)NS(=O)(=O)C1CC1. The number of sulfonamides is 1. The van der Waals surface area contributed by atoms with Crippen molar-refractivity contribution in [2.24, 2.45) is 0 Å². The number of hydrogen-bond acceptors (Lipinski definition) is 4. The summed E-state index contributed by atoms with van der Waals surface area (Å²) < 4.78 is 24.9. The molecular formula is C9H18N2O3S. The fourth-order valence-electron chi connectivity index (χ4n) is 1.36. The van der Waals surface area contributed by atoms with Gasteiger partial charge in [0.2, 0.25) is 15.9 Å². The summed E-state index contributed by atoms with van der Waals surface area (Å²) in [7, 11) is -3.37. The molecule has 0 radical (unpaired) electrons. The summed E-state index contributed by atoms with van der Waals surface area (Å²) in [6, 6.07) is 0.00408. The van der Waals surface area contributed by atoms with Gasteiger partial charge in [-0.25, -0.2) is 8.42 Å². The predicted molar refractivity (Wildman–Crippen MR) is 57.8 cm³/mol. The Hall–Kier alpha value is -0.620. The summed E-state index contributed by atoms with van der Waals surface area (Å²) in [5, 5.41) is 2.71. The number of nitrogens with one attached hydrogen (secondary N) is 2. The standard InChI is InChI=1S/C9H18N2O3S/c1-3-10-7(2)6-9(12)11-15(13,14)8-4-5-8/h7-8,10H,3-6H2,1-2H3,(H,11,12). The van der Waals surface area contributed by atoms with Gasteiger partial charge in [0.1, 0.15) is 0 Å². The van der Waals surface area contributed by atoms with E-state index < -0.39 is 15.9 Å². The van der Waals surface area contributed by atoms with Gasteiger partial charge in [-0.05, 0) is 26.3 Å². The number of amides is 1. The van der Waals surface area contributed by atoms with Crippen molar-refractivity contribution in [3.63, 3.8) is 0 Å². The zero-order chi connectivity index (χ0) is 11.5.